The number of hydrogen-bond acceptors (Lipinski definition) is 3. The van der Waals surface area contributed by atoms with E-state index in [1.54, 1.807) is 36.4 Å². The third-order valence-electron chi connectivity index (χ3n) is 2.30. The summed E-state index contributed by atoms with van der Waals surface area (Å²) in [6.07, 6.45) is 1.48. The Bertz CT molecular complexity index is 627. The Morgan fingerprint density at radius 1 is 1.20 bits per heavy atom. The number of carbonyl (C=O) groups excluding carboxylic acids is 1. The summed E-state index contributed by atoms with van der Waals surface area (Å²) in [6.45, 7) is 0. The van der Waals surface area contributed by atoms with E-state index in [-0.39, 0.29) is 0 Å². The first-order valence-electron chi connectivity index (χ1n) is 5.75. The van der Waals surface area contributed by atoms with E-state index < -0.39 is 6.03 Å². The second-order valence-electron chi connectivity index (χ2n) is 3.86. The van der Waals surface area contributed by atoms with Crippen LogP contribution >= 0.6 is 11.6 Å². The van der Waals surface area contributed by atoms with Crippen LogP contribution in [0.15, 0.2) is 53.6 Å². The van der Waals surface area contributed by atoms with Crippen LogP contribution in [0.5, 0.6) is 11.5 Å². The fourth-order valence-electron chi connectivity index (χ4n) is 1.46. The molecule has 0 atom stereocenters. The summed E-state index contributed by atoms with van der Waals surface area (Å²) in [4.78, 5) is 10.4. The molecule has 0 aliphatic carbocycles. The van der Waals surface area contributed by atoms with E-state index in [1.807, 2.05) is 12.1 Å². The number of halogens is 1. The molecular formula is C14H12ClN3O2. The van der Waals surface area contributed by atoms with Crippen molar-refractivity contribution < 1.29 is 9.53 Å². The van der Waals surface area contributed by atoms with Crippen molar-refractivity contribution in [3.05, 3.63) is 59.1 Å². The average Bonchev–Trinajstić information content (AvgIpc) is 2.40. The minimum atomic E-state index is -0.706. The number of benzene rings is 2. The van der Waals surface area contributed by atoms with Crippen LogP contribution in [0.25, 0.3) is 0 Å². The number of hydrogen-bond donors (Lipinski definition) is 2. The molecule has 20 heavy (non-hydrogen) atoms. The lowest BCUT2D eigenvalue weighted by Gasteiger charge is -2.05. The van der Waals surface area contributed by atoms with Crippen LogP contribution in [0.2, 0.25) is 5.02 Å². The van der Waals surface area contributed by atoms with Gasteiger partial charge in [-0.3, -0.25) is 0 Å². The Labute approximate surface area is 121 Å². The van der Waals surface area contributed by atoms with Crippen LogP contribution in [-0.2, 0) is 0 Å². The Kier molecular flexibility index (Phi) is 4.57. The van der Waals surface area contributed by atoms with Crippen LogP contribution in [0.4, 0.5) is 4.79 Å². The van der Waals surface area contributed by atoms with Crippen LogP contribution in [0, 0.1) is 0 Å². The van der Waals surface area contributed by atoms with Crippen LogP contribution < -0.4 is 15.9 Å². The van der Waals surface area contributed by atoms with Gasteiger partial charge in [0.2, 0.25) is 0 Å². The summed E-state index contributed by atoms with van der Waals surface area (Å²) < 4.78 is 5.64. The molecule has 0 aromatic heterocycles. The first-order chi connectivity index (χ1) is 9.63. The summed E-state index contributed by atoms with van der Waals surface area (Å²) in [5, 5.41) is 4.27. The smallest absolute Gasteiger partial charge is 0.332 e. The highest BCUT2D eigenvalue weighted by Gasteiger charge is 1.98. The maximum Gasteiger partial charge on any atom is 0.332 e. The number of rotatable bonds is 4. The minimum absolute atomic E-state index is 0.615. The number of hydrazone groups is 1. The SMILES string of the molecule is NC(=O)N/N=C\c1ccc(Oc2cccc(Cl)c2)cc1. The average molecular weight is 290 g/mol. The Hall–Kier alpha value is -2.53. The van der Waals surface area contributed by atoms with Gasteiger partial charge >= 0.3 is 6.03 Å². The van der Waals surface area contributed by atoms with Crippen molar-refractivity contribution in [2.24, 2.45) is 10.8 Å². The molecule has 3 N–H and O–H groups in total. The van der Waals surface area contributed by atoms with Crippen molar-refractivity contribution in [1.82, 2.24) is 5.43 Å². The quantitative estimate of drug-likeness (QED) is 0.670. The van der Waals surface area contributed by atoms with Crippen LogP contribution in [0.1, 0.15) is 5.56 Å². The van der Waals surface area contributed by atoms with Gasteiger partial charge in [0.25, 0.3) is 0 Å². The molecule has 0 radical (unpaired) electrons. The second-order valence-corrected chi connectivity index (χ2v) is 4.30. The first kappa shape index (κ1) is 13.9. The van der Waals surface area contributed by atoms with E-state index in [9.17, 15) is 4.79 Å². The normalized spacial score (nSPS) is 10.4. The number of carbonyl (C=O) groups is 1. The summed E-state index contributed by atoms with van der Waals surface area (Å²) in [6, 6.07) is 13.6. The molecule has 2 rings (SSSR count). The molecule has 5 nitrogen and oxygen atoms in total. The van der Waals surface area contributed by atoms with Gasteiger partial charge in [-0.1, -0.05) is 17.7 Å². The van der Waals surface area contributed by atoms with Crippen molar-refractivity contribution in [1.29, 1.82) is 0 Å². The highest BCUT2D eigenvalue weighted by atomic mass is 35.5. The fraction of sp³-hybridized carbons (Fsp3) is 0. The highest BCUT2D eigenvalue weighted by molar-refractivity contribution is 6.30. The number of urea groups is 1. The van der Waals surface area contributed by atoms with E-state index in [1.165, 1.54) is 6.21 Å². The van der Waals surface area contributed by atoms with E-state index in [0.717, 1.165) is 5.56 Å². The number of primary amides is 1. The Balaban J connectivity index is 2.01. The maximum atomic E-state index is 10.4. The van der Waals surface area contributed by atoms with Gasteiger partial charge in [0, 0.05) is 5.02 Å². The number of nitrogens with one attached hydrogen (secondary N) is 1. The molecule has 6 heteroatoms. The predicted molar refractivity (Wildman–Crippen MR) is 78.3 cm³/mol. The molecule has 0 spiro atoms. The Morgan fingerprint density at radius 3 is 2.60 bits per heavy atom. The van der Waals surface area contributed by atoms with Gasteiger partial charge in [-0.15, -0.1) is 0 Å². The fourth-order valence-corrected chi connectivity index (χ4v) is 1.64. The molecular weight excluding hydrogens is 278 g/mol. The summed E-state index contributed by atoms with van der Waals surface area (Å²) in [5.74, 6) is 1.33. The highest BCUT2D eigenvalue weighted by Crippen LogP contribution is 2.24. The molecule has 0 aliphatic heterocycles. The van der Waals surface area contributed by atoms with Gasteiger partial charge in [0.05, 0.1) is 6.21 Å². The third kappa shape index (κ3) is 4.29. The van der Waals surface area contributed by atoms with Crippen molar-refractivity contribution in [3.8, 4) is 11.5 Å². The van der Waals surface area contributed by atoms with Gasteiger partial charge in [-0.05, 0) is 48.0 Å². The van der Waals surface area contributed by atoms with E-state index in [0.29, 0.717) is 16.5 Å². The molecule has 0 saturated carbocycles. The lowest BCUT2D eigenvalue weighted by molar-refractivity contribution is 0.249. The number of amides is 2. The molecule has 0 bridgehead atoms. The predicted octanol–water partition coefficient (Wildman–Crippen LogP) is 3.13. The maximum absolute atomic E-state index is 10.4. The van der Waals surface area contributed by atoms with E-state index >= 15 is 0 Å². The van der Waals surface area contributed by atoms with Crippen molar-refractivity contribution >= 4 is 23.8 Å². The molecule has 2 amide bonds. The molecule has 0 fully saturated rings. The second kappa shape index (κ2) is 6.58. The van der Waals surface area contributed by atoms with Gasteiger partial charge in [-0.25, -0.2) is 10.2 Å². The lowest BCUT2D eigenvalue weighted by atomic mass is 10.2. The monoisotopic (exact) mass is 289 g/mol. The largest absolute Gasteiger partial charge is 0.457 e. The first-order valence-corrected chi connectivity index (χ1v) is 6.13. The molecule has 2 aromatic carbocycles. The molecule has 0 saturated heterocycles. The van der Waals surface area contributed by atoms with Gasteiger partial charge in [-0.2, -0.15) is 5.10 Å². The van der Waals surface area contributed by atoms with Crippen LogP contribution in [-0.4, -0.2) is 12.2 Å². The molecule has 0 aliphatic rings. The zero-order chi connectivity index (χ0) is 14.4. The third-order valence-corrected chi connectivity index (χ3v) is 2.54. The van der Waals surface area contributed by atoms with Crippen molar-refractivity contribution in [3.63, 3.8) is 0 Å². The Morgan fingerprint density at radius 2 is 1.95 bits per heavy atom. The topological polar surface area (TPSA) is 76.7 Å². The zero-order valence-corrected chi connectivity index (χ0v) is 11.2. The number of nitrogens with zero attached hydrogens (tertiary/aromatic N) is 1. The molecule has 2 aromatic rings. The molecule has 0 unspecified atom stereocenters. The molecule has 102 valence electrons. The summed E-state index contributed by atoms with van der Waals surface area (Å²) in [5.41, 5.74) is 7.80. The summed E-state index contributed by atoms with van der Waals surface area (Å²) in [7, 11) is 0. The lowest BCUT2D eigenvalue weighted by Crippen LogP contribution is -2.24. The van der Waals surface area contributed by atoms with Crippen molar-refractivity contribution in [2.45, 2.75) is 0 Å². The summed E-state index contributed by atoms with van der Waals surface area (Å²) >= 11 is 5.88. The number of ether oxygens (including phenoxy) is 1. The van der Waals surface area contributed by atoms with Crippen molar-refractivity contribution in [2.75, 3.05) is 0 Å². The standard InChI is InChI=1S/C14H12ClN3O2/c15-11-2-1-3-13(8-11)20-12-6-4-10(5-7-12)9-17-18-14(16)19/h1-9H,(H3,16,18,19)/b17-9-. The van der Waals surface area contributed by atoms with E-state index in [2.05, 4.69) is 10.5 Å². The minimum Gasteiger partial charge on any atom is -0.457 e. The van der Waals surface area contributed by atoms with E-state index in [4.69, 9.17) is 22.1 Å². The molecule has 0 heterocycles. The van der Waals surface area contributed by atoms with Gasteiger partial charge < -0.3 is 10.5 Å². The van der Waals surface area contributed by atoms with Gasteiger partial charge in [0.15, 0.2) is 0 Å². The number of nitrogens with two attached hydrogens (primary N) is 1. The van der Waals surface area contributed by atoms with Crippen LogP contribution in [0.3, 0.4) is 0 Å². The van der Waals surface area contributed by atoms with Gasteiger partial charge in [0.1, 0.15) is 11.5 Å². The zero-order valence-electron chi connectivity index (χ0n) is 10.4.